The Balaban J connectivity index is 1.52. The molecule has 2 aromatic rings. The maximum Gasteiger partial charge on any atom is 0.311 e. The first-order chi connectivity index (χ1) is 14.5. The zero-order valence-electron chi connectivity index (χ0n) is 17.2. The summed E-state index contributed by atoms with van der Waals surface area (Å²) in [5.74, 6) is -0.977. The molecule has 0 saturated carbocycles. The van der Waals surface area contributed by atoms with Crippen molar-refractivity contribution in [1.82, 2.24) is 0 Å². The minimum Gasteiger partial charge on any atom is -0.494 e. The SMILES string of the molecule is CCOc1ccc(N2C[C@H](C(=O)OCC(=O)Nc3ccccc3CC)CC2=O)cc1. The zero-order chi connectivity index (χ0) is 21.5. The van der Waals surface area contributed by atoms with E-state index < -0.39 is 17.8 Å². The molecule has 2 aromatic carbocycles. The van der Waals surface area contributed by atoms with E-state index >= 15 is 0 Å². The molecule has 30 heavy (non-hydrogen) atoms. The maximum absolute atomic E-state index is 12.4. The van der Waals surface area contributed by atoms with Crippen molar-refractivity contribution < 1.29 is 23.9 Å². The summed E-state index contributed by atoms with van der Waals surface area (Å²) in [5.41, 5.74) is 2.41. The van der Waals surface area contributed by atoms with Crippen molar-refractivity contribution in [2.24, 2.45) is 5.92 Å². The molecule has 0 unspecified atom stereocenters. The number of para-hydroxylation sites is 1. The second kappa shape index (κ2) is 9.91. The summed E-state index contributed by atoms with van der Waals surface area (Å²) in [7, 11) is 0. The van der Waals surface area contributed by atoms with Crippen molar-refractivity contribution in [2.75, 3.05) is 30.0 Å². The average molecular weight is 410 g/mol. The molecule has 1 aliphatic rings. The number of anilines is 2. The summed E-state index contributed by atoms with van der Waals surface area (Å²) in [6, 6.07) is 14.6. The molecule has 1 heterocycles. The van der Waals surface area contributed by atoms with Crippen LogP contribution in [0.1, 0.15) is 25.8 Å². The number of ether oxygens (including phenoxy) is 2. The third kappa shape index (κ3) is 5.17. The summed E-state index contributed by atoms with van der Waals surface area (Å²) in [5, 5.41) is 2.76. The minimum absolute atomic E-state index is 0.0618. The quantitative estimate of drug-likeness (QED) is 0.676. The first kappa shape index (κ1) is 21.4. The average Bonchev–Trinajstić information content (AvgIpc) is 3.15. The van der Waals surface area contributed by atoms with Gasteiger partial charge in [-0.25, -0.2) is 0 Å². The lowest BCUT2D eigenvalue weighted by Gasteiger charge is -2.17. The molecular weight excluding hydrogens is 384 g/mol. The van der Waals surface area contributed by atoms with Gasteiger partial charge in [0.25, 0.3) is 5.91 Å². The number of hydrogen-bond acceptors (Lipinski definition) is 5. The number of rotatable bonds is 8. The van der Waals surface area contributed by atoms with Crippen LogP contribution in [-0.2, 0) is 25.5 Å². The van der Waals surface area contributed by atoms with E-state index in [9.17, 15) is 14.4 Å². The number of amides is 2. The lowest BCUT2D eigenvalue weighted by molar-refractivity contribution is -0.151. The van der Waals surface area contributed by atoms with Crippen LogP contribution in [0.3, 0.4) is 0 Å². The highest BCUT2D eigenvalue weighted by atomic mass is 16.5. The normalized spacial score (nSPS) is 15.7. The molecule has 0 aliphatic carbocycles. The number of carbonyl (C=O) groups is 3. The van der Waals surface area contributed by atoms with Crippen LogP contribution in [0.4, 0.5) is 11.4 Å². The number of nitrogens with zero attached hydrogens (tertiary/aromatic N) is 1. The standard InChI is InChI=1S/C23H26N2O5/c1-3-16-7-5-6-8-20(16)24-21(26)15-30-23(28)17-13-22(27)25(14-17)18-9-11-19(12-10-18)29-4-2/h5-12,17H,3-4,13-15H2,1-2H3,(H,24,26)/t17-/m1/s1. The van der Waals surface area contributed by atoms with Gasteiger partial charge >= 0.3 is 5.97 Å². The van der Waals surface area contributed by atoms with Crippen molar-refractivity contribution in [3.8, 4) is 5.75 Å². The minimum atomic E-state index is -0.597. The van der Waals surface area contributed by atoms with Gasteiger partial charge in [-0.15, -0.1) is 0 Å². The fourth-order valence-electron chi connectivity index (χ4n) is 3.40. The van der Waals surface area contributed by atoms with E-state index in [1.165, 1.54) is 0 Å². The third-order valence-electron chi connectivity index (χ3n) is 4.94. The highest BCUT2D eigenvalue weighted by Crippen LogP contribution is 2.27. The lowest BCUT2D eigenvalue weighted by atomic mass is 10.1. The predicted molar refractivity (Wildman–Crippen MR) is 113 cm³/mol. The highest BCUT2D eigenvalue weighted by Gasteiger charge is 2.36. The van der Waals surface area contributed by atoms with Crippen molar-refractivity contribution >= 4 is 29.2 Å². The van der Waals surface area contributed by atoms with Crippen LogP contribution in [0.15, 0.2) is 48.5 Å². The first-order valence-electron chi connectivity index (χ1n) is 10.1. The van der Waals surface area contributed by atoms with Gasteiger partial charge in [-0.05, 0) is 49.2 Å². The molecule has 0 radical (unpaired) electrons. The van der Waals surface area contributed by atoms with Crippen molar-refractivity contribution in [2.45, 2.75) is 26.7 Å². The van der Waals surface area contributed by atoms with Crippen LogP contribution >= 0.6 is 0 Å². The van der Waals surface area contributed by atoms with Crippen LogP contribution in [0.25, 0.3) is 0 Å². The van der Waals surface area contributed by atoms with Crippen molar-refractivity contribution in [3.05, 3.63) is 54.1 Å². The Morgan fingerprint density at radius 1 is 1.10 bits per heavy atom. The first-order valence-corrected chi connectivity index (χ1v) is 10.1. The zero-order valence-corrected chi connectivity index (χ0v) is 17.2. The largest absolute Gasteiger partial charge is 0.494 e. The molecule has 7 heteroatoms. The number of esters is 1. The van der Waals surface area contributed by atoms with E-state index in [-0.39, 0.29) is 25.5 Å². The summed E-state index contributed by atoms with van der Waals surface area (Å²) in [6.45, 7) is 4.30. The summed E-state index contributed by atoms with van der Waals surface area (Å²) < 4.78 is 10.6. The van der Waals surface area contributed by atoms with Gasteiger partial charge in [0.15, 0.2) is 6.61 Å². The Morgan fingerprint density at radius 2 is 1.83 bits per heavy atom. The summed E-state index contributed by atoms with van der Waals surface area (Å²) >= 11 is 0. The van der Waals surface area contributed by atoms with E-state index in [2.05, 4.69) is 5.32 Å². The van der Waals surface area contributed by atoms with Gasteiger partial charge in [-0.2, -0.15) is 0 Å². The van der Waals surface area contributed by atoms with Crippen LogP contribution in [0, 0.1) is 5.92 Å². The third-order valence-corrected chi connectivity index (χ3v) is 4.94. The number of hydrogen-bond donors (Lipinski definition) is 1. The van der Waals surface area contributed by atoms with Gasteiger partial charge in [0.1, 0.15) is 5.75 Å². The summed E-state index contributed by atoms with van der Waals surface area (Å²) in [4.78, 5) is 38.5. The molecule has 1 aliphatic heterocycles. The smallest absolute Gasteiger partial charge is 0.311 e. The highest BCUT2D eigenvalue weighted by molar-refractivity contribution is 6.00. The second-order valence-electron chi connectivity index (χ2n) is 7.00. The summed E-state index contributed by atoms with van der Waals surface area (Å²) in [6.07, 6.45) is 0.841. The Kier molecular flexibility index (Phi) is 7.06. The monoisotopic (exact) mass is 410 g/mol. The predicted octanol–water partition coefficient (Wildman–Crippen LogP) is 3.18. The van der Waals surface area contributed by atoms with Gasteiger partial charge < -0.3 is 19.7 Å². The molecule has 3 rings (SSSR count). The second-order valence-corrected chi connectivity index (χ2v) is 7.00. The Labute approximate surface area is 176 Å². The van der Waals surface area contributed by atoms with E-state index in [4.69, 9.17) is 9.47 Å². The number of benzene rings is 2. The molecule has 1 atom stereocenters. The molecule has 0 aromatic heterocycles. The van der Waals surface area contributed by atoms with E-state index in [0.717, 1.165) is 17.7 Å². The van der Waals surface area contributed by atoms with Gasteiger partial charge in [0.2, 0.25) is 5.91 Å². The molecule has 1 N–H and O–H groups in total. The van der Waals surface area contributed by atoms with Crippen molar-refractivity contribution in [1.29, 1.82) is 0 Å². The van der Waals surface area contributed by atoms with Crippen LogP contribution in [-0.4, -0.2) is 37.5 Å². The number of nitrogens with one attached hydrogen (secondary N) is 1. The number of carbonyl (C=O) groups excluding carboxylic acids is 3. The van der Waals surface area contributed by atoms with E-state index in [0.29, 0.717) is 18.0 Å². The van der Waals surface area contributed by atoms with E-state index in [1.807, 2.05) is 38.1 Å². The van der Waals surface area contributed by atoms with Gasteiger partial charge in [0, 0.05) is 24.3 Å². The van der Waals surface area contributed by atoms with Gasteiger partial charge in [-0.3, -0.25) is 14.4 Å². The fourth-order valence-corrected chi connectivity index (χ4v) is 3.40. The fraction of sp³-hybridized carbons (Fsp3) is 0.348. The lowest BCUT2D eigenvalue weighted by Crippen LogP contribution is -2.28. The van der Waals surface area contributed by atoms with E-state index in [1.54, 1.807) is 29.2 Å². The maximum atomic E-state index is 12.4. The Bertz CT molecular complexity index is 910. The molecular formula is C23H26N2O5. The Morgan fingerprint density at radius 3 is 2.53 bits per heavy atom. The molecule has 2 amide bonds. The molecule has 7 nitrogen and oxygen atoms in total. The van der Waals surface area contributed by atoms with Crippen LogP contribution < -0.4 is 15.0 Å². The van der Waals surface area contributed by atoms with Crippen molar-refractivity contribution in [3.63, 3.8) is 0 Å². The Hall–Kier alpha value is -3.35. The topological polar surface area (TPSA) is 84.9 Å². The molecule has 0 spiro atoms. The molecule has 1 saturated heterocycles. The molecule has 158 valence electrons. The van der Waals surface area contributed by atoms with Crippen LogP contribution in [0.2, 0.25) is 0 Å². The van der Waals surface area contributed by atoms with Gasteiger partial charge in [-0.1, -0.05) is 25.1 Å². The van der Waals surface area contributed by atoms with Gasteiger partial charge in [0.05, 0.1) is 12.5 Å². The molecule has 1 fully saturated rings. The number of aryl methyl sites for hydroxylation is 1. The molecule has 0 bridgehead atoms. The van der Waals surface area contributed by atoms with Crippen LogP contribution in [0.5, 0.6) is 5.75 Å².